The van der Waals surface area contributed by atoms with Gasteiger partial charge in [-0.25, -0.2) is 4.39 Å². The second kappa shape index (κ2) is 6.06. The van der Waals surface area contributed by atoms with Gasteiger partial charge in [-0.3, -0.25) is 0 Å². The lowest BCUT2D eigenvalue weighted by molar-refractivity contribution is 0.216. The number of hydrogen-bond acceptors (Lipinski definition) is 1. The summed E-state index contributed by atoms with van der Waals surface area (Å²) in [7, 11) is 0. The van der Waals surface area contributed by atoms with Gasteiger partial charge in [0.25, 0.3) is 0 Å². The number of halogens is 2. The van der Waals surface area contributed by atoms with E-state index in [2.05, 4.69) is 24.1 Å². The molecule has 0 aromatic heterocycles. The van der Waals surface area contributed by atoms with Crippen LogP contribution in [0.1, 0.15) is 20.3 Å². The molecule has 0 aliphatic carbocycles. The molecule has 1 aromatic carbocycles. The molecule has 1 aliphatic rings. The minimum atomic E-state index is -0.418. The van der Waals surface area contributed by atoms with E-state index >= 15 is 0 Å². The molecule has 1 aliphatic heterocycles. The lowest BCUT2D eigenvalue weighted by Crippen LogP contribution is -2.44. The molecule has 0 radical (unpaired) electrons. The number of nitrogens with zero attached hydrogens (tertiary/aromatic N) is 1. The minimum absolute atomic E-state index is 0.105. The Balaban J connectivity index is 2.02. The zero-order valence-corrected chi connectivity index (χ0v) is 12.7. The van der Waals surface area contributed by atoms with Crippen LogP contribution in [0.4, 0.5) is 10.1 Å². The first-order valence-corrected chi connectivity index (χ1v) is 7.25. The van der Waals surface area contributed by atoms with E-state index < -0.39 is 5.82 Å². The fraction of sp³-hybridized carbons (Fsp3) is 0.500. The van der Waals surface area contributed by atoms with Gasteiger partial charge in [-0.15, -0.1) is 0 Å². The first-order valence-electron chi connectivity index (χ1n) is 6.46. The fourth-order valence-corrected chi connectivity index (χ4v) is 3.05. The molecule has 1 N–H and O–H groups in total. The first-order chi connectivity index (χ1) is 8.95. The van der Waals surface area contributed by atoms with Crippen molar-refractivity contribution < 1.29 is 4.39 Å². The number of anilines is 1. The van der Waals surface area contributed by atoms with Crippen molar-refractivity contribution in [3.05, 3.63) is 29.0 Å². The zero-order valence-electron chi connectivity index (χ0n) is 11.1. The van der Waals surface area contributed by atoms with Crippen molar-refractivity contribution in [3.8, 4) is 0 Å². The Morgan fingerprint density at radius 3 is 2.58 bits per heavy atom. The number of thiocarbonyl (C=S) groups is 1. The molecule has 0 saturated carbocycles. The van der Waals surface area contributed by atoms with Gasteiger partial charge in [0.15, 0.2) is 5.11 Å². The van der Waals surface area contributed by atoms with Gasteiger partial charge in [-0.2, -0.15) is 0 Å². The van der Waals surface area contributed by atoms with Crippen LogP contribution in [0.2, 0.25) is 5.02 Å². The van der Waals surface area contributed by atoms with Gasteiger partial charge in [-0.05, 0) is 48.7 Å². The van der Waals surface area contributed by atoms with Crippen LogP contribution in [0.5, 0.6) is 0 Å². The molecule has 1 heterocycles. The highest BCUT2D eigenvalue weighted by molar-refractivity contribution is 7.80. The molecule has 2 nitrogen and oxygen atoms in total. The van der Waals surface area contributed by atoms with E-state index in [1.165, 1.54) is 12.5 Å². The number of nitrogens with one attached hydrogen (secondary N) is 1. The predicted octanol–water partition coefficient (Wildman–Crippen LogP) is 4.15. The highest BCUT2D eigenvalue weighted by atomic mass is 35.5. The Labute approximate surface area is 123 Å². The van der Waals surface area contributed by atoms with Crippen LogP contribution in [0.3, 0.4) is 0 Å². The topological polar surface area (TPSA) is 15.3 Å². The van der Waals surface area contributed by atoms with Gasteiger partial charge >= 0.3 is 0 Å². The standard InChI is InChI=1S/C14H18ClFN2S/c1-9-5-10(2)8-18(7-9)14(19)17-11-3-4-13(16)12(15)6-11/h3-4,6,9-10H,5,7-8H2,1-2H3,(H,17,19)/t9-,10-/m0/s1. The summed E-state index contributed by atoms with van der Waals surface area (Å²) in [6.45, 7) is 6.40. The van der Waals surface area contributed by atoms with Gasteiger partial charge < -0.3 is 10.2 Å². The van der Waals surface area contributed by atoms with Crippen molar-refractivity contribution in [2.24, 2.45) is 11.8 Å². The summed E-state index contributed by atoms with van der Waals surface area (Å²) >= 11 is 11.2. The summed E-state index contributed by atoms with van der Waals surface area (Å²) in [4.78, 5) is 2.17. The summed E-state index contributed by atoms with van der Waals surface area (Å²) in [5.74, 6) is 0.860. The molecular weight excluding hydrogens is 283 g/mol. The smallest absolute Gasteiger partial charge is 0.173 e. The van der Waals surface area contributed by atoms with Crippen molar-refractivity contribution in [2.45, 2.75) is 20.3 Å². The third kappa shape index (κ3) is 3.80. The van der Waals surface area contributed by atoms with Crippen LogP contribution >= 0.6 is 23.8 Å². The third-order valence-electron chi connectivity index (χ3n) is 3.33. The maximum atomic E-state index is 13.1. The van der Waals surface area contributed by atoms with Crippen LogP contribution < -0.4 is 5.32 Å². The Morgan fingerprint density at radius 1 is 1.37 bits per heavy atom. The second-order valence-electron chi connectivity index (χ2n) is 5.41. The van der Waals surface area contributed by atoms with Crippen LogP contribution in [0, 0.1) is 17.7 Å². The monoisotopic (exact) mass is 300 g/mol. The molecule has 0 spiro atoms. The Morgan fingerprint density at radius 2 is 2.00 bits per heavy atom. The van der Waals surface area contributed by atoms with Crippen molar-refractivity contribution >= 4 is 34.6 Å². The largest absolute Gasteiger partial charge is 0.348 e. The maximum Gasteiger partial charge on any atom is 0.173 e. The van der Waals surface area contributed by atoms with Gasteiger partial charge in [0.2, 0.25) is 0 Å². The average Bonchev–Trinajstić information content (AvgIpc) is 2.32. The van der Waals surface area contributed by atoms with Crippen molar-refractivity contribution in [1.29, 1.82) is 0 Å². The molecule has 19 heavy (non-hydrogen) atoms. The van der Waals surface area contributed by atoms with E-state index in [4.69, 9.17) is 23.8 Å². The highest BCUT2D eigenvalue weighted by Crippen LogP contribution is 2.23. The van der Waals surface area contributed by atoms with E-state index in [9.17, 15) is 4.39 Å². The molecule has 2 atom stereocenters. The molecule has 2 rings (SSSR count). The van der Waals surface area contributed by atoms with Crippen molar-refractivity contribution in [3.63, 3.8) is 0 Å². The van der Waals surface area contributed by atoms with Crippen LogP contribution in [0.25, 0.3) is 0 Å². The summed E-state index contributed by atoms with van der Waals surface area (Å²) in [6, 6.07) is 4.54. The predicted molar refractivity (Wildman–Crippen MR) is 82.1 cm³/mol. The van der Waals surface area contributed by atoms with Gasteiger partial charge in [-0.1, -0.05) is 25.4 Å². The second-order valence-corrected chi connectivity index (χ2v) is 6.20. The number of benzene rings is 1. The highest BCUT2D eigenvalue weighted by Gasteiger charge is 2.23. The number of piperidine rings is 1. The number of hydrogen-bond donors (Lipinski definition) is 1. The van der Waals surface area contributed by atoms with Crippen LogP contribution in [-0.4, -0.2) is 23.1 Å². The van der Waals surface area contributed by atoms with E-state index in [-0.39, 0.29) is 5.02 Å². The quantitative estimate of drug-likeness (QED) is 0.784. The van der Waals surface area contributed by atoms with E-state index in [0.717, 1.165) is 18.8 Å². The molecule has 1 aromatic rings. The molecular formula is C14H18ClFN2S. The van der Waals surface area contributed by atoms with Gasteiger partial charge in [0.1, 0.15) is 5.82 Å². The molecule has 5 heteroatoms. The molecule has 0 bridgehead atoms. The lowest BCUT2D eigenvalue weighted by Gasteiger charge is -2.36. The van der Waals surface area contributed by atoms with Crippen molar-refractivity contribution in [1.82, 2.24) is 4.90 Å². The number of likely N-dealkylation sites (tertiary alicyclic amines) is 1. The van der Waals surface area contributed by atoms with Crippen molar-refractivity contribution in [2.75, 3.05) is 18.4 Å². The third-order valence-corrected chi connectivity index (χ3v) is 3.98. The Hall–Kier alpha value is -0.870. The van der Waals surface area contributed by atoms with Gasteiger partial charge in [0.05, 0.1) is 5.02 Å². The van der Waals surface area contributed by atoms with E-state index in [1.54, 1.807) is 12.1 Å². The van der Waals surface area contributed by atoms with Gasteiger partial charge in [0, 0.05) is 18.8 Å². The summed E-state index contributed by atoms with van der Waals surface area (Å²) in [5, 5.41) is 3.91. The summed E-state index contributed by atoms with van der Waals surface area (Å²) < 4.78 is 13.1. The SMILES string of the molecule is C[C@H]1C[C@H](C)CN(C(=S)Nc2ccc(F)c(Cl)c2)C1. The normalized spacial score (nSPS) is 23.3. The van der Waals surface area contributed by atoms with E-state index in [1.807, 2.05) is 0 Å². The molecule has 0 unspecified atom stereocenters. The summed E-state index contributed by atoms with van der Waals surface area (Å²) in [6.07, 6.45) is 1.24. The number of rotatable bonds is 1. The average molecular weight is 301 g/mol. The van der Waals surface area contributed by atoms with E-state index in [0.29, 0.717) is 16.9 Å². The maximum absolute atomic E-state index is 13.1. The fourth-order valence-electron chi connectivity index (χ4n) is 2.61. The minimum Gasteiger partial charge on any atom is -0.348 e. The molecule has 0 amide bonds. The first kappa shape index (κ1) is 14.5. The molecule has 1 fully saturated rings. The van der Waals surface area contributed by atoms with Crippen LogP contribution in [-0.2, 0) is 0 Å². The molecule has 104 valence electrons. The zero-order chi connectivity index (χ0) is 14.0. The molecule has 1 saturated heterocycles. The Bertz CT molecular complexity index is 471. The Kier molecular flexibility index (Phi) is 4.63. The summed E-state index contributed by atoms with van der Waals surface area (Å²) in [5.41, 5.74) is 0.724. The lowest BCUT2D eigenvalue weighted by atomic mass is 9.92. The van der Waals surface area contributed by atoms with Crippen LogP contribution in [0.15, 0.2) is 18.2 Å².